The van der Waals surface area contributed by atoms with Crippen LogP contribution in [0.4, 0.5) is 5.82 Å². The van der Waals surface area contributed by atoms with Crippen molar-refractivity contribution in [1.82, 2.24) is 14.4 Å². The summed E-state index contributed by atoms with van der Waals surface area (Å²) in [7, 11) is 0. The van der Waals surface area contributed by atoms with Crippen LogP contribution in [-0.2, 0) is 0 Å². The summed E-state index contributed by atoms with van der Waals surface area (Å²) in [6.07, 6.45) is 6.47. The predicted molar refractivity (Wildman–Crippen MR) is 72.1 cm³/mol. The summed E-state index contributed by atoms with van der Waals surface area (Å²) in [6.45, 7) is 9.05. The molecule has 1 N–H and O–H groups in total. The molecule has 5 heteroatoms. The lowest BCUT2D eigenvalue weighted by molar-refractivity contribution is 0.101. The van der Waals surface area contributed by atoms with Crippen LogP contribution in [0.5, 0.6) is 5.88 Å². The van der Waals surface area contributed by atoms with Crippen molar-refractivity contribution in [2.75, 3.05) is 11.9 Å². The Labute approximate surface area is 107 Å². The molecule has 5 nitrogen and oxygen atoms in total. The third-order valence-electron chi connectivity index (χ3n) is 2.93. The molecule has 0 aliphatic rings. The van der Waals surface area contributed by atoms with E-state index in [0.717, 1.165) is 24.4 Å². The Bertz CT molecular complexity index is 533. The van der Waals surface area contributed by atoms with Crippen molar-refractivity contribution in [1.29, 1.82) is 0 Å². The zero-order valence-electron chi connectivity index (χ0n) is 11.4. The van der Waals surface area contributed by atoms with Gasteiger partial charge in [0.2, 0.25) is 5.65 Å². The number of imidazole rings is 1. The lowest BCUT2D eigenvalue weighted by Gasteiger charge is -2.24. The second-order valence-corrected chi connectivity index (χ2v) is 4.84. The fourth-order valence-electron chi connectivity index (χ4n) is 1.57. The first-order chi connectivity index (χ1) is 8.55. The molecule has 2 aromatic heterocycles. The van der Waals surface area contributed by atoms with E-state index < -0.39 is 0 Å². The van der Waals surface area contributed by atoms with Gasteiger partial charge in [-0.1, -0.05) is 6.92 Å². The molecule has 0 fully saturated rings. The Morgan fingerprint density at radius 2 is 2.17 bits per heavy atom. The van der Waals surface area contributed by atoms with Crippen molar-refractivity contribution < 1.29 is 4.74 Å². The van der Waals surface area contributed by atoms with Crippen LogP contribution in [0.1, 0.15) is 34.1 Å². The van der Waals surface area contributed by atoms with E-state index >= 15 is 0 Å². The second-order valence-electron chi connectivity index (χ2n) is 4.84. The first kappa shape index (κ1) is 12.7. The molecule has 0 saturated carbocycles. The van der Waals surface area contributed by atoms with Crippen molar-refractivity contribution >= 4 is 11.5 Å². The van der Waals surface area contributed by atoms with Gasteiger partial charge in [0.15, 0.2) is 0 Å². The number of aromatic nitrogens is 3. The van der Waals surface area contributed by atoms with Crippen LogP contribution >= 0.6 is 0 Å². The van der Waals surface area contributed by atoms with Crippen LogP contribution in [0.25, 0.3) is 5.65 Å². The zero-order valence-corrected chi connectivity index (χ0v) is 11.4. The lowest BCUT2D eigenvalue weighted by atomic mass is 10.1. The summed E-state index contributed by atoms with van der Waals surface area (Å²) < 4.78 is 7.90. The Morgan fingerprint density at radius 1 is 1.39 bits per heavy atom. The van der Waals surface area contributed by atoms with E-state index in [-0.39, 0.29) is 5.60 Å². The van der Waals surface area contributed by atoms with Gasteiger partial charge in [-0.15, -0.1) is 0 Å². The van der Waals surface area contributed by atoms with Gasteiger partial charge in [-0.05, 0) is 27.2 Å². The Hall–Kier alpha value is -1.78. The van der Waals surface area contributed by atoms with E-state index in [0.29, 0.717) is 5.88 Å². The van der Waals surface area contributed by atoms with E-state index in [1.54, 1.807) is 6.20 Å². The van der Waals surface area contributed by atoms with E-state index in [1.807, 2.05) is 37.6 Å². The van der Waals surface area contributed by atoms with Crippen LogP contribution in [-0.4, -0.2) is 26.5 Å². The third kappa shape index (κ3) is 2.55. The molecular formula is C13H20N4O. The zero-order chi connectivity index (χ0) is 13.2. The molecule has 0 atom stereocenters. The van der Waals surface area contributed by atoms with Gasteiger partial charge in [-0.2, -0.15) is 4.98 Å². The van der Waals surface area contributed by atoms with Gasteiger partial charge in [0.05, 0.1) is 6.20 Å². The highest BCUT2D eigenvalue weighted by atomic mass is 16.5. The van der Waals surface area contributed by atoms with E-state index in [1.165, 1.54) is 0 Å². The van der Waals surface area contributed by atoms with Gasteiger partial charge in [0.1, 0.15) is 11.4 Å². The maximum absolute atomic E-state index is 5.98. The Morgan fingerprint density at radius 3 is 2.83 bits per heavy atom. The Balaban J connectivity index is 2.43. The minimum Gasteiger partial charge on any atom is -0.469 e. The first-order valence-corrected chi connectivity index (χ1v) is 6.32. The minimum absolute atomic E-state index is 0.246. The normalized spacial score (nSPS) is 11.8. The smallest absolute Gasteiger partial charge is 0.260 e. The molecule has 0 bridgehead atoms. The van der Waals surface area contributed by atoms with Gasteiger partial charge >= 0.3 is 0 Å². The van der Waals surface area contributed by atoms with Crippen molar-refractivity contribution in [2.24, 2.45) is 0 Å². The van der Waals surface area contributed by atoms with Crippen LogP contribution in [0.3, 0.4) is 0 Å². The number of nitrogens with one attached hydrogen (secondary N) is 1. The van der Waals surface area contributed by atoms with Crippen LogP contribution in [0.2, 0.25) is 0 Å². The van der Waals surface area contributed by atoms with Crippen LogP contribution in [0.15, 0.2) is 18.6 Å². The topological polar surface area (TPSA) is 51.5 Å². The molecule has 0 aromatic carbocycles. The van der Waals surface area contributed by atoms with Crippen molar-refractivity contribution in [2.45, 2.75) is 39.7 Å². The van der Waals surface area contributed by atoms with Gasteiger partial charge in [0, 0.05) is 18.9 Å². The van der Waals surface area contributed by atoms with E-state index in [4.69, 9.17) is 4.74 Å². The molecule has 0 aliphatic heterocycles. The number of nitrogens with zero attached hydrogens (tertiary/aromatic N) is 3. The fraction of sp³-hybridized carbons (Fsp3) is 0.538. The third-order valence-corrected chi connectivity index (χ3v) is 2.93. The highest BCUT2D eigenvalue weighted by molar-refractivity contribution is 5.53. The minimum atomic E-state index is -0.246. The monoisotopic (exact) mass is 248 g/mol. The highest BCUT2D eigenvalue weighted by Gasteiger charge is 2.20. The van der Waals surface area contributed by atoms with Crippen molar-refractivity contribution in [3.05, 3.63) is 18.6 Å². The molecule has 0 aliphatic carbocycles. The van der Waals surface area contributed by atoms with E-state index in [9.17, 15) is 0 Å². The molecule has 2 aromatic rings. The highest BCUT2D eigenvalue weighted by Crippen LogP contribution is 2.24. The number of rotatable bonds is 5. The second kappa shape index (κ2) is 4.84. The quantitative estimate of drug-likeness (QED) is 0.884. The Kier molecular flexibility index (Phi) is 3.41. The number of anilines is 1. The molecule has 2 rings (SSSR count). The van der Waals surface area contributed by atoms with Gasteiger partial charge < -0.3 is 10.1 Å². The molecule has 2 heterocycles. The number of ether oxygens (including phenoxy) is 1. The van der Waals surface area contributed by atoms with E-state index in [2.05, 4.69) is 22.2 Å². The number of hydrogen-bond donors (Lipinski definition) is 1. The molecule has 0 radical (unpaired) electrons. The molecule has 0 unspecified atom stereocenters. The largest absolute Gasteiger partial charge is 0.469 e. The maximum Gasteiger partial charge on any atom is 0.260 e. The van der Waals surface area contributed by atoms with Crippen molar-refractivity contribution in [3.8, 4) is 5.88 Å². The average Bonchev–Trinajstić information content (AvgIpc) is 2.77. The summed E-state index contributed by atoms with van der Waals surface area (Å²) in [5.41, 5.74) is 0.503. The molecule has 0 saturated heterocycles. The summed E-state index contributed by atoms with van der Waals surface area (Å²) in [5, 5.41) is 3.19. The summed E-state index contributed by atoms with van der Waals surface area (Å²) in [4.78, 5) is 8.77. The molecule has 18 heavy (non-hydrogen) atoms. The fourth-order valence-corrected chi connectivity index (χ4v) is 1.57. The summed E-state index contributed by atoms with van der Waals surface area (Å²) in [5.74, 6) is 1.37. The maximum atomic E-state index is 5.98. The number of hydrogen-bond acceptors (Lipinski definition) is 4. The predicted octanol–water partition coefficient (Wildman–Crippen LogP) is 2.73. The average molecular weight is 248 g/mol. The SMILES string of the molecule is CCNc1cn2ccnc2c(OC(C)(C)CC)n1. The van der Waals surface area contributed by atoms with Crippen molar-refractivity contribution in [3.63, 3.8) is 0 Å². The lowest BCUT2D eigenvalue weighted by Crippen LogP contribution is -2.27. The summed E-state index contributed by atoms with van der Waals surface area (Å²) >= 11 is 0. The van der Waals surface area contributed by atoms with Crippen LogP contribution < -0.4 is 10.1 Å². The number of fused-ring (bicyclic) bond motifs is 1. The molecular weight excluding hydrogens is 228 g/mol. The molecule has 98 valence electrons. The molecule has 0 amide bonds. The van der Waals surface area contributed by atoms with Crippen LogP contribution in [0, 0.1) is 0 Å². The summed E-state index contributed by atoms with van der Waals surface area (Å²) in [6, 6.07) is 0. The van der Waals surface area contributed by atoms with Gasteiger partial charge in [-0.3, -0.25) is 4.40 Å². The van der Waals surface area contributed by atoms with Gasteiger partial charge in [-0.25, -0.2) is 4.98 Å². The first-order valence-electron chi connectivity index (χ1n) is 6.32. The standard InChI is InChI=1S/C13H20N4O/c1-5-13(3,4)18-12-11-15-7-8-17(11)9-10(16-12)14-6-2/h7-9,14H,5-6H2,1-4H3. The van der Waals surface area contributed by atoms with Gasteiger partial charge in [0.25, 0.3) is 5.88 Å². The molecule has 0 spiro atoms.